The molecule has 242 valence electrons. The van der Waals surface area contributed by atoms with Crippen LogP contribution in [0.3, 0.4) is 0 Å². The van der Waals surface area contributed by atoms with Crippen molar-refractivity contribution >= 4 is 46.7 Å². The highest BCUT2D eigenvalue weighted by molar-refractivity contribution is 7.52. The summed E-state index contributed by atoms with van der Waals surface area (Å²) in [6.07, 6.45) is 0.870. The highest BCUT2D eigenvalue weighted by Gasteiger charge is 2.50. The molecule has 45 heavy (non-hydrogen) atoms. The zero-order chi connectivity index (χ0) is 32.7. The summed E-state index contributed by atoms with van der Waals surface area (Å²) in [6.45, 7) is 6.93. The number of nitrogens with one attached hydrogen (secondary N) is 1. The summed E-state index contributed by atoms with van der Waals surface area (Å²) in [5, 5.41) is 3.02. The van der Waals surface area contributed by atoms with Crippen LogP contribution in [0.4, 0.5) is 8.78 Å². The van der Waals surface area contributed by atoms with Gasteiger partial charge in [-0.25, -0.2) is 0 Å². The third kappa shape index (κ3) is 6.83. The summed E-state index contributed by atoms with van der Waals surface area (Å²) in [5.74, 6) is -1.14. The van der Waals surface area contributed by atoms with Gasteiger partial charge in [0.05, 0.1) is 18.0 Å². The van der Waals surface area contributed by atoms with Gasteiger partial charge in [0.25, 0.3) is 5.91 Å². The van der Waals surface area contributed by atoms with Gasteiger partial charge in [-0.3, -0.25) is 18.9 Å². The number of amides is 3. The number of morpholine rings is 1. The van der Waals surface area contributed by atoms with E-state index in [0.717, 1.165) is 29.0 Å². The number of carbonyl (C=O) groups excluding carboxylic acids is 3. The topological polar surface area (TPSA) is 136 Å². The zero-order valence-corrected chi connectivity index (χ0v) is 26.8. The second-order valence-corrected chi connectivity index (χ2v) is 15.2. The van der Waals surface area contributed by atoms with Crippen molar-refractivity contribution in [2.75, 3.05) is 26.2 Å². The van der Waals surface area contributed by atoms with Gasteiger partial charge in [-0.05, 0) is 47.4 Å². The van der Waals surface area contributed by atoms with Crippen LogP contribution in [-0.4, -0.2) is 75.6 Å². The number of rotatable bonds is 7. The van der Waals surface area contributed by atoms with E-state index in [2.05, 4.69) is 5.32 Å². The molecular formula is C31H36F2N3O7PS. The van der Waals surface area contributed by atoms with E-state index >= 15 is 0 Å². The van der Waals surface area contributed by atoms with Gasteiger partial charge in [-0.15, -0.1) is 11.3 Å². The smallest absolute Gasteiger partial charge is 0.370 e. The molecule has 2 saturated heterocycles. The molecule has 10 nitrogen and oxygen atoms in total. The monoisotopic (exact) mass is 663 g/mol. The van der Waals surface area contributed by atoms with Crippen molar-refractivity contribution in [1.29, 1.82) is 0 Å². The van der Waals surface area contributed by atoms with Gasteiger partial charge in [0, 0.05) is 23.4 Å². The molecule has 3 aromatic rings. The molecule has 3 N–H and O–H groups in total. The van der Waals surface area contributed by atoms with Gasteiger partial charge in [0.1, 0.15) is 18.2 Å². The summed E-state index contributed by atoms with van der Waals surface area (Å²) in [4.78, 5) is 62.8. The molecule has 2 aliphatic rings. The Kier molecular flexibility index (Phi) is 9.23. The number of hydrogen-bond acceptors (Lipinski definition) is 6. The molecule has 0 aliphatic carbocycles. The molecule has 2 aliphatic heterocycles. The Morgan fingerprint density at radius 1 is 1.07 bits per heavy atom. The number of halogens is 2. The zero-order valence-electron chi connectivity index (χ0n) is 25.1. The maximum Gasteiger partial charge on any atom is 0.399 e. The molecule has 0 radical (unpaired) electrons. The largest absolute Gasteiger partial charge is 0.399 e. The summed E-state index contributed by atoms with van der Waals surface area (Å²) < 4.78 is 46.3. The van der Waals surface area contributed by atoms with Crippen molar-refractivity contribution in [2.24, 2.45) is 5.41 Å². The van der Waals surface area contributed by atoms with E-state index in [1.165, 1.54) is 12.1 Å². The van der Waals surface area contributed by atoms with E-state index in [4.69, 9.17) is 14.5 Å². The predicted molar refractivity (Wildman–Crippen MR) is 165 cm³/mol. The molecule has 2 aromatic carbocycles. The van der Waals surface area contributed by atoms with Gasteiger partial charge in [0.15, 0.2) is 0 Å². The van der Waals surface area contributed by atoms with E-state index < -0.39 is 42.2 Å². The minimum Gasteiger partial charge on any atom is -0.370 e. The Hall–Kier alpha value is -3.22. The van der Waals surface area contributed by atoms with Gasteiger partial charge < -0.3 is 29.6 Å². The first-order chi connectivity index (χ1) is 21.1. The summed E-state index contributed by atoms with van der Waals surface area (Å²) in [7, 11) is -5.76. The number of carbonyl (C=O) groups is 3. The Bertz CT molecular complexity index is 1640. The number of fused-ring (bicyclic) bond motifs is 1. The van der Waals surface area contributed by atoms with Crippen molar-refractivity contribution < 1.29 is 42.3 Å². The molecule has 14 heteroatoms. The van der Waals surface area contributed by atoms with E-state index in [-0.39, 0.29) is 28.2 Å². The Morgan fingerprint density at radius 2 is 1.78 bits per heavy atom. The number of thiophene rings is 1. The lowest BCUT2D eigenvalue weighted by atomic mass is 9.85. The first kappa shape index (κ1) is 33.2. The fraction of sp³-hybridized carbons (Fsp3) is 0.452. The average Bonchev–Trinajstić information content (AvgIpc) is 3.66. The molecule has 2 fully saturated rings. The van der Waals surface area contributed by atoms with Gasteiger partial charge in [-0.2, -0.15) is 8.78 Å². The van der Waals surface area contributed by atoms with Crippen LogP contribution in [0.15, 0.2) is 54.6 Å². The Morgan fingerprint density at radius 3 is 2.44 bits per heavy atom. The van der Waals surface area contributed by atoms with E-state index in [0.29, 0.717) is 43.8 Å². The van der Waals surface area contributed by atoms with Gasteiger partial charge in [-0.1, -0.05) is 57.2 Å². The quantitative estimate of drug-likeness (QED) is 0.307. The van der Waals surface area contributed by atoms with Crippen LogP contribution in [0.5, 0.6) is 0 Å². The van der Waals surface area contributed by atoms with Gasteiger partial charge in [0.2, 0.25) is 11.8 Å². The fourth-order valence-electron chi connectivity index (χ4n) is 5.74. The molecule has 0 bridgehead atoms. The van der Waals surface area contributed by atoms with E-state index in [1.54, 1.807) is 30.6 Å². The molecule has 3 atom stereocenters. The predicted octanol–water partition coefficient (Wildman–Crippen LogP) is 4.86. The van der Waals surface area contributed by atoms with E-state index in [9.17, 15) is 27.7 Å². The molecular weight excluding hydrogens is 627 g/mol. The van der Waals surface area contributed by atoms with Crippen molar-refractivity contribution in [2.45, 2.75) is 57.5 Å². The lowest BCUT2D eigenvalue weighted by molar-refractivity contribution is -0.150. The van der Waals surface area contributed by atoms with Crippen LogP contribution in [0.25, 0.3) is 10.1 Å². The molecule has 0 saturated carbocycles. The van der Waals surface area contributed by atoms with Crippen molar-refractivity contribution in [3.05, 3.63) is 70.6 Å². The standard InChI is InChI=1S/C31H36F2N3O7PS/c1-30(2,3)26(34-27(37)25-17-20-16-21(11-12-24(20)45-25)31(32,33)44(40,41)42)29(39)36-13-7-10-22(36)28(38)35-14-15-43-23(18-35)19-8-5-4-6-9-19/h4-6,8-9,11-12,16-17,22-23,26H,7,10,13-15,18H2,1-3H3,(H,34,37)(H2,40,41,42). The fourth-order valence-corrected chi connectivity index (χ4v) is 7.17. The number of likely N-dealkylation sites (tertiary alicyclic amines) is 1. The molecule has 1 aromatic heterocycles. The molecule has 3 amide bonds. The second kappa shape index (κ2) is 12.5. The number of nitrogens with zero attached hydrogens (tertiary/aromatic N) is 2. The van der Waals surface area contributed by atoms with Crippen LogP contribution in [0, 0.1) is 5.41 Å². The first-order valence-corrected chi connectivity index (χ1v) is 17.0. The van der Waals surface area contributed by atoms with Crippen molar-refractivity contribution in [1.82, 2.24) is 15.1 Å². The molecule has 3 unspecified atom stereocenters. The summed E-state index contributed by atoms with van der Waals surface area (Å²) >= 11 is 1.00. The highest BCUT2D eigenvalue weighted by Crippen LogP contribution is 2.59. The van der Waals surface area contributed by atoms with Crippen LogP contribution in [0.1, 0.15) is 60.5 Å². The number of hydrogen-bond donors (Lipinski definition) is 3. The van der Waals surface area contributed by atoms with Crippen molar-refractivity contribution in [3.8, 4) is 0 Å². The maximum absolute atomic E-state index is 14.3. The van der Waals surface area contributed by atoms with E-state index in [1.807, 2.05) is 30.3 Å². The normalized spacial score (nSPS) is 20.3. The lowest BCUT2D eigenvalue weighted by Gasteiger charge is -2.38. The third-order valence-corrected chi connectivity index (χ3v) is 10.3. The second-order valence-electron chi connectivity index (χ2n) is 12.5. The van der Waals surface area contributed by atoms with Crippen LogP contribution >= 0.6 is 18.9 Å². The number of benzene rings is 2. The summed E-state index contributed by atoms with van der Waals surface area (Å²) in [6, 6.07) is 12.5. The minimum atomic E-state index is -5.76. The van der Waals surface area contributed by atoms with Gasteiger partial charge >= 0.3 is 13.3 Å². The highest BCUT2D eigenvalue weighted by atomic mass is 32.1. The SMILES string of the molecule is CC(C)(C)C(NC(=O)c1cc2cc(C(F)(F)P(=O)(O)O)ccc2s1)C(=O)N1CCCC1C(=O)N1CCOC(c2ccccc2)C1. The Labute approximate surface area is 263 Å². The van der Waals surface area contributed by atoms with Crippen LogP contribution < -0.4 is 5.32 Å². The number of ether oxygens (including phenoxy) is 1. The minimum absolute atomic E-state index is 0.137. The van der Waals surface area contributed by atoms with Crippen LogP contribution in [0.2, 0.25) is 0 Å². The molecule has 3 heterocycles. The molecule has 0 spiro atoms. The first-order valence-electron chi connectivity index (χ1n) is 14.6. The lowest BCUT2D eigenvalue weighted by Crippen LogP contribution is -2.58. The number of alkyl halides is 2. The molecule has 5 rings (SSSR count). The van der Waals surface area contributed by atoms with Crippen molar-refractivity contribution in [3.63, 3.8) is 0 Å². The summed E-state index contributed by atoms with van der Waals surface area (Å²) in [5.41, 5.74) is -5.02. The van der Waals surface area contributed by atoms with Crippen LogP contribution in [-0.2, 0) is 24.6 Å². The Balaban J connectivity index is 1.32. The third-order valence-electron chi connectivity index (χ3n) is 8.21. The average molecular weight is 664 g/mol. The maximum atomic E-state index is 14.3.